The van der Waals surface area contributed by atoms with E-state index in [-0.39, 0.29) is 5.41 Å². The molecule has 1 aliphatic heterocycles. The molecule has 0 atom stereocenters. The van der Waals surface area contributed by atoms with Crippen LogP contribution in [-0.4, -0.2) is 19.8 Å². The molecule has 0 aromatic heterocycles. The Morgan fingerprint density at radius 3 is 2.87 bits per heavy atom. The van der Waals surface area contributed by atoms with E-state index in [1.54, 1.807) is 0 Å². The Morgan fingerprint density at radius 1 is 1.53 bits per heavy atom. The number of hydrogen-bond donors (Lipinski definition) is 1. The second kappa shape index (κ2) is 4.32. The Labute approximate surface area is 103 Å². The highest BCUT2D eigenvalue weighted by molar-refractivity contribution is 9.10. The maximum absolute atomic E-state index is 6.07. The lowest BCUT2D eigenvalue weighted by atomic mass is 9.89. The Morgan fingerprint density at radius 2 is 2.27 bits per heavy atom. The molecule has 0 amide bonds. The Hall–Kier alpha value is -0.250. The molecule has 15 heavy (non-hydrogen) atoms. The molecule has 2 nitrogen and oxygen atoms in total. The van der Waals surface area contributed by atoms with E-state index in [2.05, 4.69) is 28.2 Å². The summed E-state index contributed by atoms with van der Waals surface area (Å²) in [4.78, 5) is 0. The molecule has 0 spiro atoms. The van der Waals surface area contributed by atoms with Crippen molar-refractivity contribution in [3.8, 4) is 0 Å². The lowest BCUT2D eigenvalue weighted by Crippen LogP contribution is -2.45. The molecule has 0 aliphatic carbocycles. The third-order valence-electron chi connectivity index (χ3n) is 2.54. The molecule has 0 bridgehead atoms. The van der Waals surface area contributed by atoms with E-state index in [1.165, 1.54) is 0 Å². The number of hydrogen-bond acceptors (Lipinski definition) is 2. The zero-order valence-corrected chi connectivity index (χ0v) is 10.9. The summed E-state index contributed by atoms with van der Waals surface area (Å²) in [6.07, 6.45) is 0. The molecule has 4 heteroatoms. The fourth-order valence-electron chi connectivity index (χ4n) is 1.49. The average Bonchev–Trinajstić information content (AvgIpc) is 2.17. The molecule has 0 unspecified atom stereocenters. The van der Waals surface area contributed by atoms with E-state index in [4.69, 9.17) is 16.3 Å². The number of halogens is 2. The van der Waals surface area contributed by atoms with Crippen molar-refractivity contribution in [1.29, 1.82) is 0 Å². The lowest BCUT2D eigenvalue weighted by Gasteiger charge is -2.38. The van der Waals surface area contributed by atoms with Gasteiger partial charge in [0.25, 0.3) is 0 Å². The van der Waals surface area contributed by atoms with Crippen LogP contribution in [0.5, 0.6) is 0 Å². The minimum Gasteiger partial charge on any atom is -0.383 e. The summed E-state index contributed by atoms with van der Waals surface area (Å²) < 4.78 is 6.23. The summed E-state index contributed by atoms with van der Waals surface area (Å²) >= 11 is 9.50. The monoisotopic (exact) mass is 289 g/mol. The van der Waals surface area contributed by atoms with E-state index in [0.29, 0.717) is 0 Å². The highest BCUT2D eigenvalue weighted by atomic mass is 79.9. The van der Waals surface area contributed by atoms with Gasteiger partial charge >= 0.3 is 0 Å². The highest BCUT2D eigenvalue weighted by Gasteiger charge is 2.33. The van der Waals surface area contributed by atoms with Gasteiger partial charge in [0.1, 0.15) is 0 Å². The van der Waals surface area contributed by atoms with Crippen molar-refractivity contribution in [1.82, 2.24) is 0 Å². The van der Waals surface area contributed by atoms with Crippen molar-refractivity contribution < 1.29 is 4.74 Å². The van der Waals surface area contributed by atoms with E-state index in [0.717, 1.165) is 34.9 Å². The highest BCUT2D eigenvalue weighted by Crippen LogP contribution is 2.30. The molecule has 1 N–H and O–H groups in total. The number of ether oxygens (including phenoxy) is 1. The standard InChI is InChI=1S/C11H13BrClNO/c1-11(6-15-7-11)5-14-10-4-8(12)2-3-9(10)13/h2-4,14H,5-7H2,1H3. The Bertz CT molecular complexity index is 366. The first-order valence-corrected chi connectivity index (χ1v) is 6.03. The van der Waals surface area contributed by atoms with Gasteiger partial charge in [0.15, 0.2) is 0 Å². The molecule has 0 radical (unpaired) electrons. The molecular formula is C11H13BrClNO. The van der Waals surface area contributed by atoms with Crippen molar-refractivity contribution in [2.75, 3.05) is 25.1 Å². The zero-order chi connectivity index (χ0) is 10.9. The van der Waals surface area contributed by atoms with Gasteiger partial charge in [0.2, 0.25) is 0 Å². The number of rotatable bonds is 3. The Kier molecular flexibility index (Phi) is 3.24. The summed E-state index contributed by atoms with van der Waals surface area (Å²) in [5.74, 6) is 0. The minimum absolute atomic E-state index is 0.256. The number of anilines is 1. The summed E-state index contributed by atoms with van der Waals surface area (Å²) in [5.41, 5.74) is 1.23. The largest absolute Gasteiger partial charge is 0.383 e. The molecule has 82 valence electrons. The van der Waals surface area contributed by atoms with Crippen LogP contribution in [0.1, 0.15) is 6.92 Å². The van der Waals surface area contributed by atoms with Crippen molar-refractivity contribution in [2.24, 2.45) is 5.41 Å². The van der Waals surface area contributed by atoms with Gasteiger partial charge in [-0.3, -0.25) is 0 Å². The third kappa shape index (κ3) is 2.65. The smallest absolute Gasteiger partial charge is 0.0638 e. The first-order valence-electron chi connectivity index (χ1n) is 4.86. The molecule has 1 aromatic carbocycles. The first kappa shape index (κ1) is 11.2. The predicted octanol–water partition coefficient (Wildman–Crippen LogP) is 3.55. The molecule has 2 rings (SSSR count). The average molecular weight is 291 g/mol. The molecule has 1 fully saturated rings. The van der Waals surface area contributed by atoms with E-state index in [1.807, 2.05) is 18.2 Å². The van der Waals surface area contributed by atoms with Crippen LogP contribution in [0, 0.1) is 5.41 Å². The Balaban J connectivity index is 2.01. The van der Waals surface area contributed by atoms with Crippen LogP contribution in [0.4, 0.5) is 5.69 Å². The normalized spacial score (nSPS) is 18.3. The van der Waals surface area contributed by atoms with E-state index >= 15 is 0 Å². The van der Waals surface area contributed by atoms with Crippen LogP contribution < -0.4 is 5.32 Å². The fourth-order valence-corrected chi connectivity index (χ4v) is 2.04. The maximum atomic E-state index is 6.07. The van der Waals surface area contributed by atoms with Gasteiger partial charge in [-0.05, 0) is 18.2 Å². The van der Waals surface area contributed by atoms with Crippen molar-refractivity contribution in [3.05, 3.63) is 27.7 Å². The van der Waals surface area contributed by atoms with Crippen molar-refractivity contribution in [3.63, 3.8) is 0 Å². The second-order valence-electron chi connectivity index (χ2n) is 4.28. The minimum atomic E-state index is 0.256. The molecule has 1 aliphatic rings. The second-order valence-corrected chi connectivity index (χ2v) is 5.60. The summed E-state index contributed by atoms with van der Waals surface area (Å²) in [6, 6.07) is 5.81. The van der Waals surface area contributed by atoms with Gasteiger partial charge in [-0.15, -0.1) is 0 Å². The van der Waals surface area contributed by atoms with Crippen LogP contribution in [0.15, 0.2) is 22.7 Å². The van der Waals surface area contributed by atoms with Gasteiger partial charge in [-0.2, -0.15) is 0 Å². The van der Waals surface area contributed by atoms with Crippen LogP contribution in [-0.2, 0) is 4.74 Å². The number of nitrogens with one attached hydrogen (secondary N) is 1. The van der Waals surface area contributed by atoms with E-state index in [9.17, 15) is 0 Å². The first-order chi connectivity index (χ1) is 7.09. The van der Waals surface area contributed by atoms with Gasteiger partial charge in [0.05, 0.1) is 23.9 Å². The van der Waals surface area contributed by atoms with Gasteiger partial charge < -0.3 is 10.1 Å². The maximum Gasteiger partial charge on any atom is 0.0638 e. The summed E-state index contributed by atoms with van der Waals surface area (Å²) in [6.45, 7) is 4.75. The number of benzene rings is 1. The molecule has 0 saturated carbocycles. The van der Waals surface area contributed by atoms with Gasteiger partial charge in [-0.25, -0.2) is 0 Å². The SMILES string of the molecule is CC1(CNc2cc(Br)ccc2Cl)COC1. The lowest BCUT2D eigenvalue weighted by molar-refractivity contribution is -0.0924. The van der Waals surface area contributed by atoms with E-state index < -0.39 is 0 Å². The van der Waals surface area contributed by atoms with Crippen LogP contribution in [0.25, 0.3) is 0 Å². The van der Waals surface area contributed by atoms with Crippen molar-refractivity contribution in [2.45, 2.75) is 6.92 Å². The van der Waals surface area contributed by atoms with Crippen molar-refractivity contribution >= 4 is 33.2 Å². The molecular weight excluding hydrogens is 277 g/mol. The van der Waals surface area contributed by atoms with Gasteiger partial charge in [0, 0.05) is 16.4 Å². The molecule has 1 saturated heterocycles. The van der Waals surface area contributed by atoms with Crippen LogP contribution >= 0.6 is 27.5 Å². The van der Waals surface area contributed by atoms with Gasteiger partial charge in [-0.1, -0.05) is 34.5 Å². The molecule has 1 heterocycles. The quantitative estimate of drug-likeness (QED) is 0.919. The third-order valence-corrected chi connectivity index (χ3v) is 3.36. The topological polar surface area (TPSA) is 21.3 Å². The summed E-state index contributed by atoms with van der Waals surface area (Å²) in [7, 11) is 0. The fraction of sp³-hybridized carbons (Fsp3) is 0.455. The summed E-state index contributed by atoms with van der Waals surface area (Å²) in [5, 5.41) is 4.11. The van der Waals surface area contributed by atoms with Crippen LogP contribution in [0.3, 0.4) is 0 Å². The van der Waals surface area contributed by atoms with Crippen LogP contribution in [0.2, 0.25) is 5.02 Å². The zero-order valence-electron chi connectivity index (χ0n) is 8.52. The molecule has 1 aromatic rings. The predicted molar refractivity (Wildman–Crippen MR) is 66.6 cm³/mol.